The zero-order valence-corrected chi connectivity index (χ0v) is 15.4. The molecule has 0 amide bonds. The zero-order valence-electron chi connectivity index (χ0n) is 15.4. The SMILES string of the molecule is CC.CCCCNCCCN(CCCC)Cc1ccccc1. The second-order valence-corrected chi connectivity index (χ2v) is 5.57. The minimum atomic E-state index is 1.09. The number of nitrogens with zero attached hydrogens (tertiary/aromatic N) is 1. The number of hydrogen-bond acceptors (Lipinski definition) is 2. The monoisotopic (exact) mass is 306 g/mol. The van der Waals surface area contributed by atoms with Crippen LogP contribution in [-0.4, -0.2) is 31.1 Å². The smallest absolute Gasteiger partial charge is 0.0233 e. The molecule has 22 heavy (non-hydrogen) atoms. The third-order valence-corrected chi connectivity index (χ3v) is 3.61. The van der Waals surface area contributed by atoms with E-state index in [1.807, 2.05) is 13.8 Å². The van der Waals surface area contributed by atoms with Crippen molar-refractivity contribution in [2.75, 3.05) is 26.2 Å². The molecule has 0 saturated heterocycles. The average molecular weight is 307 g/mol. The highest BCUT2D eigenvalue weighted by Gasteiger charge is 2.05. The molecule has 128 valence electrons. The summed E-state index contributed by atoms with van der Waals surface area (Å²) in [6.45, 7) is 14.4. The Bertz CT molecular complexity index is 311. The van der Waals surface area contributed by atoms with Crippen LogP contribution in [0.15, 0.2) is 30.3 Å². The van der Waals surface area contributed by atoms with Gasteiger partial charge in [-0.2, -0.15) is 0 Å². The van der Waals surface area contributed by atoms with Gasteiger partial charge in [0.25, 0.3) is 0 Å². The lowest BCUT2D eigenvalue weighted by Crippen LogP contribution is -2.28. The average Bonchev–Trinajstić information content (AvgIpc) is 2.58. The minimum absolute atomic E-state index is 1.09. The highest BCUT2D eigenvalue weighted by atomic mass is 15.1. The van der Waals surface area contributed by atoms with Gasteiger partial charge in [-0.1, -0.05) is 70.9 Å². The molecule has 2 heteroatoms. The molecule has 1 aromatic rings. The van der Waals surface area contributed by atoms with Crippen molar-refractivity contribution in [1.82, 2.24) is 10.2 Å². The number of unbranched alkanes of at least 4 members (excludes halogenated alkanes) is 2. The highest BCUT2D eigenvalue weighted by molar-refractivity contribution is 5.14. The van der Waals surface area contributed by atoms with Crippen LogP contribution >= 0.6 is 0 Å². The van der Waals surface area contributed by atoms with Crippen molar-refractivity contribution in [3.63, 3.8) is 0 Å². The molecule has 1 N–H and O–H groups in total. The molecule has 0 aliphatic heterocycles. The van der Waals surface area contributed by atoms with Crippen LogP contribution in [0.4, 0.5) is 0 Å². The molecule has 0 saturated carbocycles. The molecule has 0 atom stereocenters. The first-order valence-electron chi connectivity index (χ1n) is 9.33. The third-order valence-electron chi connectivity index (χ3n) is 3.61. The van der Waals surface area contributed by atoms with Crippen LogP contribution < -0.4 is 5.32 Å². The lowest BCUT2D eigenvalue weighted by molar-refractivity contribution is 0.257. The molecular weight excluding hydrogens is 268 g/mol. The van der Waals surface area contributed by atoms with Crippen molar-refractivity contribution in [2.24, 2.45) is 0 Å². The topological polar surface area (TPSA) is 15.3 Å². The van der Waals surface area contributed by atoms with E-state index in [1.165, 1.54) is 57.3 Å². The van der Waals surface area contributed by atoms with Gasteiger partial charge in [-0.3, -0.25) is 4.90 Å². The van der Waals surface area contributed by atoms with Gasteiger partial charge in [0.1, 0.15) is 0 Å². The summed E-state index contributed by atoms with van der Waals surface area (Å²) in [4.78, 5) is 2.60. The summed E-state index contributed by atoms with van der Waals surface area (Å²) in [6.07, 6.45) is 6.41. The molecule has 0 aliphatic carbocycles. The first-order valence-corrected chi connectivity index (χ1v) is 9.33. The van der Waals surface area contributed by atoms with Crippen LogP contribution in [0.5, 0.6) is 0 Å². The van der Waals surface area contributed by atoms with Gasteiger partial charge in [0.2, 0.25) is 0 Å². The summed E-state index contributed by atoms with van der Waals surface area (Å²) in [5.74, 6) is 0. The number of rotatable bonds is 12. The number of nitrogens with one attached hydrogen (secondary N) is 1. The van der Waals surface area contributed by atoms with E-state index in [9.17, 15) is 0 Å². The Morgan fingerprint density at radius 1 is 0.818 bits per heavy atom. The van der Waals surface area contributed by atoms with Crippen molar-refractivity contribution < 1.29 is 0 Å². The molecule has 0 bridgehead atoms. The van der Waals surface area contributed by atoms with Crippen LogP contribution in [-0.2, 0) is 6.54 Å². The highest BCUT2D eigenvalue weighted by Crippen LogP contribution is 2.06. The van der Waals surface area contributed by atoms with E-state index in [-0.39, 0.29) is 0 Å². The van der Waals surface area contributed by atoms with Crippen LogP contribution in [0.1, 0.15) is 65.4 Å². The summed E-state index contributed by atoms with van der Waals surface area (Å²) in [7, 11) is 0. The molecule has 0 fully saturated rings. The second kappa shape index (κ2) is 16.5. The molecule has 0 aromatic heterocycles. The van der Waals surface area contributed by atoms with Gasteiger partial charge in [-0.05, 0) is 51.0 Å². The fraction of sp³-hybridized carbons (Fsp3) is 0.700. The van der Waals surface area contributed by atoms with Gasteiger partial charge in [0, 0.05) is 6.54 Å². The van der Waals surface area contributed by atoms with E-state index < -0.39 is 0 Å². The first-order chi connectivity index (χ1) is 10.9. The van der Waals surface area contributed by atoms with Crippen molar-refractivity contribution in [2.45, 2.75) is 66.3 Å². The maximum atomic E-state index is 3.53. The molecular formula is C20H38N2. The zero-order chi connectivity index (χ0) is 16.5. The molecule has 0 radical (unpaired) electrons. The van der Waals surface area contributed by atoms with Gasteiger partial charge in [-0.15, -0.1) is 0 Å². The van der Waals surface area contributed by atoms with Gasteiger partial charge in [0.15, 0.2) is 0 Å². The standard InChI is InChI=1S/C18H32N2.C2H6/c1-3-5-13-19-14-10-16-20(15-6-4-2)17-18-11-8-7-9-12-18;1-2/h7-9,11-12,19H,3-6,10,13-17H2,1-2H3;1-2H3. The van der Waals surface area contributed by atoms with Gasteiger partial charge in [-0.25, -0.2) is 0 Å². The Labute approximate surface area is 139 Å². The van der Waals surface area contributed by atoms with Crippen LogP contribution in [0.3, 0.4) is 0 Å². The third kappa shape index (κ3) is 11.8. The molecule has 1 rings (SSSR count). The van der Waals surface area contributed by atoms with E-state index in [0.29, 0.717) is 0 Å². The van der Waals surface area contributed by atoms with Crippen molar-refractivity contribution in [3.05, 3.63) is 35.9 Å². The molecule has 0 spiro atoms. The van der Waals surface area contributed by atoms with E-state index >= 15 is 0 Å². The second-order valence-electron chi connectivity index (χ2n) is 5.57. The Hall–Kier alpha value is -0.860. The molecule has 0 heterocycles. The van der Waals surface area contributed by atoms with E-state index in [0.717, 1.165) is 13.1 Å². The number of hydrogen-bond donors (Lipinski definition) is 1. The Kier molecular flexibility index (Phi) is 15.9. The van der Waals surface area contributed by atoms with Crippen molar-refractivity contribution in [3.8, 4) is 0 Å². The van der Waals surface area contributed by atoms with Crippen LogP contribution in [0, 0.1) is 0 Å². The fourth-order valence-corrected chi connectivity index (χ4v) is 2.35. The molecule has 0 aliphatic rings. The maximum Gasteiger partial charge on any atom is 0.0233 e. The summed E-state index contributed by atoms with van der Waals surface area (Å²) >= 11 is 0. The Balaban J connectivity index is 0.00000211. The van der Waals surface area contributed by atoms with E-state index in [1.54, 1.807) is 0 Å². The number of benzene rings is 1. The summed E-state index contributed by atoms with van der Waals surface area (Å²) in [6, 6.07) is 10.8. The van der Waals surface area contributed by atoms with E-state index in [2.05, 4.69) is 54.4 Å². The van der Waals surface area contributed by atoms with Crippen LogP contribution in [0.25, 0.3) is 0 Å². The lowest BCUT2D eigenvalue weighted by atomic mass is 10.2. The molecule has 1 aromatic carbocycles. The summed E-state index contributed by atoms with van der Waals surface area (Å²) in [5, 5.41) is 3.53. The van der Waals surface area contributed by atoms with Crippen molar-refractivity contribution in [1.29, 1.82) is 0 Å². The fourth-order valence-electron chi connectivity index (χ4n) is 2.35. The normalized spacial score (nSPS) is 10.4. The predicted octanol–water partition coefficient (Wildman–Crippen LogP) is 5.09. The Morgan fingerprint density at radius 2 is 1.41 bits per heavy atom. The van der Waals surface area contributed by atoms with Gasteiger partial charge < -0.3 is 5.32 Å². The van der Waals surface area contributed by atoms with Gasteiger partial charge >= 0.3 is 0 Å². The lowest BCUT2D eigenvalue weighted by Gasteiger charge is -2.22. The Morgan fingerprint density at radius 3 is 2.05 bits per heavy atom. The van der Waals surface area contributed by atoms with Crippen LogP contribution in [0.2, 0.25) is 0 Å². The molecule has 0 unspecified atom stereocenters. The van der Waals surface area contributed by atoms with Crippen molar-refractivity contribution >= 4 is 0 Å². The summed E-state index contributed by atoms with van der Waals surface area (Å²) < 4.78 is 0. The first kappa shape index (κ1) is 21.1. The van der Waals surface area contributed by atoms with Gasteiger partial charge in [0.05, 0.1) is 0 Å². The van der Waals surface area contributed by atoms with E-state index in [4.69, 9.17) is 0 Å². The minimum Gasteiger partial charge on any atom is -0.317 e. The molecule has 2 nitrogen and oxygen atoms in total. The largest absolute Gasteiger partial charge is 0.317 e. The quantitative estimate of drug-likeness (QED) is 0.541. The predicted molar refractivity (Wildman–Crippen MR) is 100 cm³/mol. The maximum absolute atomic E-state index is 3.53. The summed E-state index contributed by atoms with van der Waals surface area (Å²) in [5.41, 5.74) is 1.43.